The van der Waals surface area contributed by atoms with Gasteiger partial charge in [-0.3, -0.25) is 4.79 Å². The topological polar surface area (TPSA) is 78.1 Å². The predicted octanol–water partition coefficient (Wildman–Crippen LogP) is 4.01. The molecule has 26 heavy (non-hydrogen) atoms. The number of fused-ring (bicyclic) bond motifs is 1. The maximum atomic E-state index is 13.2. The summed E-state index contributed by atoms with van der Waals surface area (Å²) in [5.74, 6) is 1.43. The van der Waals surface area contributed by atoms with Gasteiger partial charge in [0.25, 0.3) is 0 Å². The van der Waals surface area contributed by atoms with E-state index in [9.17, 15) is 9.90 Å². The molecule has 6 heteroatoms. The Kier molecular flexibility index (Phi) is 4.50. The molecule has 2 aromatic carbocycles. The second-order valence-electron chi connectivity index (χ2n) is 5.86. The molecule has 0 aliphatic heterocycles. The summed E-state index contributed by atoms with van der Waals surface area (Å²) in [6.07, 6.45) is 0. The van der Waals surface area contributed by atoms with E-state index < -0.39 is 0 Å². The number of hydrogen-bond donors (Lipinski definition) is 1. The highest BCUT2D eigenvalue weighted by atomic mass is 16.5. The number of phenols is 1. The average Bonchev–Trinajstić information content (AvgIpc) is 2.98. The molecule has 0 amide bonds. The normalized spacial score (nSPS) is 10.8. The molecule has 3 rings (SSSR count). The summed E-state index contributed by atoms with van der Waals surface area (Å²) < 4.78 is 21.4. The predicted molar refractivity (Wildman–Crippen MR) is 96.9 cm³/mol. The van der Waals surface area contributed by atoms with Crippen molar-refractivity contribution in [1.29, 1.82) is 0 Å². The van der Waals surface area contributed by atoms with Crippen LogP contribution in [0.25, 0.3) is 11.0 Å². The van der Waals surface area contributed by atoms with Crippen LogP contribution in [0.1, 0.15) is 27.2 Å². The fourth-order valence-electron chi connectivity index (χ4n) is 3.06. The molecule has 0 atom stereocenters. The van der Waals surface area contributed by atoms with Gasteiger partial charge >= 0.3 is 0 Å². The lowest BCUT2D eigenvalue weighted by molar-refractivity contribution is 0.103. The Bertz CT molecular complexity index is 974. The third-order valence-electron chi connectivity index (χ3n) is 4.43. The van der Waals surface area contributed by atoms with Crippen LogP contribution in [0.15, 0.2) is 28.7 Å². The van der Waals surface area contributed by atoms with E-state index in [0.717, 1.165) is 5.56 Å². The summed E-state index contributed by atoms with van der Waals surface area (Å²) in [6, 6.07) is 6.63. The summed E-state index contributed by atoms with van der Waals surface area (Å²) in [4.78, 5) is 13.2. The number of aromatic hydroxyl groups is 1. The molecule has 0 aliphatic carbocycles. The third-order valence-corrected chi connectivity index (χ3v) is 4.43. The van der Waals surface area contributed by atoms with Crippen LogP contribution in [0.3, 0.4) is 0 Å². The van der Waals surface area contributed by atoms with Crippen molar-refractivity contribution in [3.05, 3.63) is 46.7 Å². The van der Waals surface area contributed by atoms with Crippen molar-refractivity contribution < 1.29 is 28.5 Å². The first kappa shape index (κ1) is 17.7. The zero-order valence-corrected chi connectivity index (χ0v) is 15.3. The lowest BCUT2D eigenvalue weighted by Crippen LogP contribution is -2.04. The SMILES string of the molecule is COc1cc(C(=O)c2c(C)oc3c(O)c(OC)ccc23)cc(OC)c1C. The highest BCUT2D eigenvalue weighted by molar-refractivity contribution is 6.17. The average molecular weight is 356 g/mol. The molecule has 0 aliphatic rings. The number of rotatable bonds is 5. The molecule has 0 spiro atoms. The molecule has 3 aromatic rings. The van der Waals surface area contributed by atoms with Crippen LogP contribution in [0, 0.1) is 13.8 Å². The molecule has 1 N–H and O–H groups in total. The summed E-state index contributed by atoms with van der Waals surface area (Å²) in [5.41, 5.74) is 1.82. The third kappa shape index (κ3) is 2.63. The minimum absolute atomic E-state index is 0.133. The smallest absolute Gasteiger partial charge is 0.202 e. The monoisotopic (exact) mass is 356 g/mol. The molecule has 0 fully saturated rings. The number of benzene rings is 2. The molecule has 136 valence electrons. The number of phenolic OH excluding ortho intramolecular Hbond substituents is 1. The summed E-state index contributed by atoms with van der Waals surface area (Å²) in [7, 11) is 4.53. The van der Waals surface area contributed by atoms with Gasteiger partial charge in [0.05, 0.1) is 26.9 Å². The van der Waals surface area contributed by atoms with Crippen LogP contribution in [0.2, 0.25) is 0 Å². The van der Waals surface area contributed by atoms with Crippen LogP contribution in [-0.2, 0) is 0 Å². The molecule has 0 radical (unpaired) electrons. The fraction of sp³-hybridized carbons (Fsp3) is 0.250. The fourth-order valence-corrected chi connectivity index (χ4v) is 3.06. The van der Waals surface area contributed by atoms with E-state index in [-0.39, 0.29) is 22.9 Å². The first-order valence-corrected chi connectivity index (χ1v) is 7.99. The zero-order chi connectivity index (χ0) is 19.0. The molecular formula is C20H20O6. The maximum Gasteiger partial charge on any atom is 0.202 e. The minimum atomic E-state index is -0.248. The number of ketones is 1. The summed E-state index contributed by atoms with van der Waals surface area (Å²) in [5, 5.41) is 10.8. The Balaban J connectivity index is 2.20. The lowest BCUT2D eigenvalue weighted by atomic mass is 9.98. The second-order valence-corrected chi connectivity index (χ2v) is 5.86. The van der Waals surface area contributed by atoms with Crippen molar-refractivity contribution >= 4 is 16.8 Å². The van der Waals surface area contributed by atoms with E-state index >= 15 is 0 Å². The Morgan fingerprint density at radius 2 is 1.54 bits per heavy atom. The van der Waals surface area contributed by atoms with E-state index in [1.165, 1.54) is 7.11 Å². The number of carbonyl (C=O) groups is 1. The van der Waals surface area contributed by atoms with E-state index in [0.29, 0.717) is 33.8 Å². The van der Waals surface area contributed by atoms with Gasteiger partial charge in [-0.2, -0.15) is 0 Å². The highest BCUT2D eigenvalue weighted by Gasteiger charge is 2.24. The number of carbonyl (C=O) groups excluding carboxylic acids is 1. The van der Waals surface area contributed by atoms with E-state index in [1.54, 1.807) is 45.4 Å². The van der Waals surface area contributed by atoms with Gasteiger partial charge < -0.3 is 23.7 Å². The first-order valence-electron chi connectivity index (χ1n) is 7.99. The zero-order valence-electron chi connectivity index (χ0n) is 15.3. The molecule has 1 heterocycles. The molecule has 6 nitrogen and oxygen atoms in total. The number of methoxy groups -OCH3 is 3. The van der Waals surface area contributed by atoms with Gasteiger partial charge in [-0.1, -0.05) is 0 Å². The molecule has 0 saturated heterocycles. The van der Waals surface area contributed by atoms with Gasteiger partial charge in [-0.25, -0.2) is 0 Å². The maximum absolute atomic E-state index is 13.2. The molecule has 0 unspecified atom stereocenters. The van der Waals surface area contributed by atoms with Gasteiger partial charge in [-0.05, 0) is 38.1 Å². The Labute approximate surface area is 150 Å². The lowest BCUT2D eigenvalue weighted by Gasteiger charge is -2.12. The Morgan fingerprint density at radius 3 is 2.08 bits per heavy atom. The number of hydrogen-bond acceptors (Lipinski definition) is 6. The standard InChI is InChI=1S/C20H20O6/c1-10-15(24-4)8-12(9-16(10)25-5)18(21)17-11(2)26-20-13(17)6-7-14(23-3)19(20)22/h6-9,22H,1-5H3. The van der Waals surface area contributed by atoms with Gasteiger partial charge in [0, 0.05) is 16.5 Å². The molecular weight excluding hydrogens is 336 g/mol. The van der Waals surface area contributed by atoms with Crippen LogP contribution >= 0.6 is 0 Å². The van der Waals surface area contributed by atoms with Crippen LogP contribution in [-0.4, -0.2) is 32.2 Å². The first-order chi connectivity index (χ1) is 12.4. The highest BCUT2D eigenvalue weighted by Crippen LogP contribution is 2.40. The van der Waals surface area contributed by atoms with Crippen molar-refractivity contribution in [1.82, 2.24) is 0 Å². The van der Waals surface area contributed by atoms with Gasteiger partial charge in [0.2, 0.25) is 5.75 Å². The van der Waals surface area contributed by atoms with E-state index in [1.807, 2.05) is 6.92 Å². The van der Waals surface area contributed by atoms with Crippen molar-refractivity contribution in [3.63, 3.8) is 0 Å². The molecule has 0 bridgehead atoms. The van der Waals surface area contributed by atoms with Crippen molar-refractivity contribution in [2.45, 2.75) is 13.8 Å². The number of aryl methyl sites for hydroxylation is 1. The van der Waals surface area contributed by atoms with E-state index in [2.05, 4.69) is 0 Å². The summed E-state index contributed by atoms with van der Waals surface area (Å²) >= 11 is 0. The number of furan rings is 1. The summed E-state index contributed by atoms with van der Waals surface area (Å²) in [6.45, 7) is 3.54. The minimum Gasteiger partial charge on any atom is -0.502 e. The number of ether oxygens (including phenoxy) is 3. The van der Waals surface area contributed by atoms with Gasteiger partial charge in [-0.15, -0.1) is 0 Å². The Hall–Kier alpha value is -3.15. The second kappa shape index (κ2) is 6.63. The molecule has 0 saturated carbocycles. The van der Waals surface area contributed by atoms with Crippen molar-refractivity contribution in [3.8, 4) is 23.0 Å². The quantitative estimate of drug-likeness (QED) is 0.696. The van der Waals surface area contributed by atoms with E-state index in [4.69, 9.17) is 18.6 Å². The van der Waals surface area contributed by atoms with Crippen molar-refractivity contribution in [2.24, 2.45) is 0 Å². The van der Waals surface area contributed by atoms with Gasteiger partial charge in [0.1, 0.15) is 17.3 Å². The van der Waals surface area contributed by atoms with Crippen LogP contribution in [0.4, 0.5) is 0 Å². The van der Waals surface area contributed by atoms with Crippen LogP contribution < -0.4 is 14.2 Å². The van der Waals surface area contributed by atoms with Gasteiger partial charge in [0.15, 0.2) is 17.1 Å². The van der Waals surface area contributed by atoms with Crippen LogP contribution in [0.5, 0.6) is 23.0 Å². The largest absolute Gasteiger partial charge is 0.502 e. The Morgan fingerprint density at radius 1 is 0.962 bits per heavy atom. The molecule has 1 aromatic heterocycles. The van der Waals surface area contributed by atoms with Crippen molar-refractivity contribution in [2.75, 3.05) is 21.3 Å².